The summed E-state index contributed by atoms with van der Waals surface area (Å²) in [5, 5.41) is 0.341. The van der Waals surface area contributed by atoms with E-state index >= 15 is 0 Å². The number of imidazole rings is 1. The van der Waals surface area contributed by atoms with E-state index in [0.717, 1.165) is 22.4 Å². The molecule has 0 fully saturated rings. The Hall–Kier alpha value is -3.41. The van der Waals surface area contributed by atoms with Gasteiger partial charge in [0, 0.05) is 0 Å². The first kappa shape index (κ1) is 16.4. The van der Waals surface area contributed by atoms with Crippen molar-refractivity contribution in [2.45, 2.75) is 13.8 Å². The van der Waals surface area contributed by atoms with Crippen molar-refractivity contribution in [1.82, 2.24) is 19.9 Å². The quantitative estimate of drug-likeness (QED) is 0.661. The summed E-state index contributed by atoms with van der Waals surface area (Å²) in [5.41, 5.74) is 3.23. The smallest absolute Gasteiger partial charge is 0.272 e. The number of H-pyrrole nitrogens is 3. The highest BCUT2D eigenvalue weighted by Gasteiger charge is 2.04. The molecule has 3 N–H and O–H groups in total. The predicted molar refractivity (Wildman–Crippen MR) is 98.5 cm³/mol. The maximum atomic E-state index is 12.3. The van der Waals surface area contributed by atoms with Crippen molar-refractivity contribution in [3.05, 3.63) is 91.1 Å². The molecule has 6 nitrogen and oxygen atoms in total. The van der Waals surface area contributed by atoms with Crippen LogP contribution in [0, 0.1) is 6.92 Å². The van der Waals surface area contributed by atoms with Gasteiger partial charge in [0.15, 0.2) is 0 Å². The van der Waals surface area contributed by atoms with Gasteiger partial charge in [-0.1, -0.05) is 36.4 Å². The van der Waals surface area contributed by atoms with Crippen LogP contribution in [0.2, 0.25) is 0 Å². The Morgan fingerprint density at radius 1 is 1.04 bits per heavy atom. The van der Waals surface area contributed by atoms with Crippen molar-refractivity contribution in [2.24, 2.45) is 0 Å². The van der Waals surface area contributed by atoms with Crippen LogP contribution >= 0.6 is 0 Å². The van der Waals surface area contributed by atoms with Crippen molar-refractivity contribution in [2.75, 3.05) is 0 Å². The minimum Gasteiger partial charge on any atom is -0.344 e. The second kappa shape index (κ2) is 6.60. The molecule has 0 unspecified atom stereocenters. The van der Waals surface area contributed by atoms with Gasteiger partial charge in [-0.2, -0.15) is 0 Å². The number of aromatic nitrogens is 4. The van der Waals surface area contributed by atoms with Crippen LogP contribution in [0.1, 0.15) is 29.4 Å². The molecule has 0 atom stereocenters. The zero-order valence-electron chi connectivity index (χ0n) is 14.0. The summed E-state index contributed by atoms with van der Waals surface area (Å²) in [5.74, 6) is 0. The maximum absolute atomic E-state index is 12.3. The standard InChI is InChI=1S/C19H18N4O2/c1-11(2)17-14(20-10-21-17)9-16-19(25)22-15(18(24)23-16)8-13-6-4-12(3)5-7-13/h4-10H,1H2,2-3H3,(H,20,21)(H,22,25)(H,23,24)/b15-8-,16-9-. The number of allylic oxidation sites excluding steroid dienone is 1. The molecule has 0 saturated carbocycles. The van der Waals surface area contributed by atoms with Gasteiger partial charge in [0.05, 0.1) is 17.7 Å². The van der Waals surface area contributed by atoms with Crippen LogP contribution in [0.4, 0.5) is 0 Å². The zero-order chi connectivity index (χ0) is 18.0. The molecule has 25 heavy (non-hydrogen) atoms. The molecule has 0 aliphatic rings. The largest absolute Gasteiger partial charge is 0.344 e. The van der Waals surface area contributed by atoms with Crippen LogP contribution in [-0.4, -0.2) is 19.9 Å². The SMILES string of the molecule is C=C(C)c1[nH]cnc1/C=c1\[nH]c(=O)/c(=C/c2ccc(C)cc2)[nH]c1=O. The lowest BCUT2D eigenvalue weighted by atomic mass is 10.1. The van der Waals surface area contributed by atoms with Gasteiger partial charge in [-0.25, -0.2) is 4.98 Å². The topological polar surface area (TPSA) is 94.4 Å². The summed E-state index contributed by atoms with van der Waals surface area (Å²) < 4.78 is 0. The molecular weight excluding hydrogens is 316 g/mol. The van der Waals surface area contributed by atoms with Gasteiger partial charge in [0.2, 0.25) is 0 Å². The van der Waals surface area contributed by atoms with Crippen LogP contribution in [0.15, 0.2) is 46.8 Å². The number of aromatic amines is 3. The molecule has 3 rings (SSSR count). The third-order valence-electron chi connectivity index (χ3n) is 3.75. The molecule has 126 valence electrons. The van der Waals surface area contributed by atoms with Crippen LogP contribution in [-0.2, 0) is 0 Å². The van der Waals surface area contributed by atoms with Crippen molar-refractivity contribution < 1.29 is 0 Å². The van der Waals surface area contributed by atoms with Crippen molar-refractivity contribution >= 4 is 17.7 Å². The lowest BCUT2D eigenvalue weighted by molar-refractivity contribution is 1.00. The summed E-state index contributed by atoms with van der Waals surface area (Å²) in [6.07, 6.45) is 4.68. The van der Waals surface area contributed by atoms with Crippen LogP contribution in [0.5, 0.6) is 0 Å². The number of rotatable bonds is 3. The van der Waals surface area contributed by atoms with Gasteiger partial charge < -0.3 is 15.0 Å². The third kappa shape index (κ3) is 3.58. The fourth-order valence-electron chi connectivity index (χ4n) is 2.42. The van der Waals surface area contributed by atoms with Gasteiger partial charge in [0.25, 0.3) is 11.1 Å². The molecule has 0 saturated heterocycles. The van der Waals surface area contributed by atoms with E-state index in [-0.39, 0.29) is 16.3 Å². The first-order valence-corrected chi connectivity index (χ1v) is 7.76. The van der Waals surface area contributed by atoms with Crippen molar-refractivity contribution in [3.63, 3.8) is 0 Å². The average Bonchev–Trinajstić information content (AvgIpc) is 3.03. The second-order valence-corrected chi connectivity index (χ2v) is 5.88. The Bertz CT molecular complexity index is 1160. The van der Waals surface area contributed by atoms with E-state index in [9.17, 15) is 9.59 Å². The Kier molecular flexibility index (Phi) is 4.35. The number of hydrogen-bond donors (Lipinski definition) is 3. The van der Waals surface area contributed by atoms with E-state index in [1.54, 1.807) is 6.08 Å². The fraction of sp³-hybridized carbons (Fsp3) is 0.105. The van der Waals surface area contributed by atoms with Crippen molar-refractivity contribution in [1.29, 1.82) is 0 Å². The van der Waals surface area contributed by atoms with E-state index in [1.165, 1.54) is 12.4 Å². The summed E-state index contributed by atoms with van der Waals surface area (Å²) in [6.45, 7) is 7.67. The number of nitrogens with one attached hydrogen (secondary N) is 3. The molecule has 0 aliphatic carbocycles. The van der Waals surface area contributed by atoms with Gasteiger partial charge in [-0.05, 0) is 37.1 Å². The molecule has 2 aromatic heterocycles. The van der Waals surface area contributed by atoms with Gasteiger partial charge in [0.1, 0.15) is 10.7 Å². The molecule has 6 heteroatoms. The summed E-state index contributed by atoms with van der Waals surface area (Å²) in [6, 6.07) is 7.65. The molecule has 0 aliphatic heterocycles. The molecule has 0 spiro atoms. The maximum Gasteiger partial charge on any atom is 0.272 e. The summed E-state index contributed by atoms with van der Waals surface area (Å²) >= 11 is 0. The van der Waals surface area contributed by atoms with E-state index in [0.29, 0.717) is 5.69 Å². The minimum atomic E-state index is -0.395. The molecule has 1 aromatic carbocycles. The molecule has 0 radical (unpaired) electrons. The minimum absolute atomic E-state index is 0.139. The van der Waals surface area contributed by atoms with Gasteiger partial charge in [-0.3, -0.25) is 9.59 Å². The molecular formula is C19H18N4O2. The van der Waals surface area contributed by atoms with Gasteiger partial charge >= 0.3 is 0 Å². The summed E-state index contributed by atoms with van der Waals surface area (Å²) in [7, 11) is 0. The van der Waals surface area contributed by atoms with E-state index in [1.807, 2.05) is 38.1 Å². The number of hydrogen-bond acceptors (Lipinski definition) is 3. The third-order valence-corrected chi connectivity index (χ3v) is 3.75. The highest BCUT2D eigenvalue weighted by molar-refractivity contribution is 5.66. The Morgan fingerprint density at radius 3 is 2.24 bits per heavy atom. The van der Waals surface area contributed by atoms with E-state index in [4.69, 9.17) is 0 Å². The number of benzene rings is 1. The van der Waals surface area contributed by atoms with Crippen LogP contribution in [0.3, 0.4) is 0 Å². The Morgan fingerprint density at radius 2 is 1.64 bits per heavy atom. The monoisotopic (exact) mass is 334 g/mol. The average molecular weight is 334 g/mol. The fourth-order valence-corrected chi connectivity index (χ4v) is 2.42. The van der Waals surface area contributed by atoms with Crippen molar-refractivity contribution in [3.8, 4) is 0 Å². The highest BCUT2D eigenvalue weighted by atomic mass is 16.1. The van der Waals surface area contributed by atoms with Gasteiger partial charge in [-0.15, -0.1) is 0 Å². The molecule has 3 aromatic rings. The van der Waals surface area contributed by atoms with Crippen LogP contribution in [0.25, 0.3) is 17.7 Å². The van der Waals surface area contributed by atoms with E-state index in [2.05, 4.69) is 26.5 Å². The lowest BCUT2D eigenvalue weighted by Gasteiger charge is -1.96. The Labute approximate surface area is 143 Å². The highest BCUT2D eigenvalue weighted by Crippen LogP contribution is 2.12. The predicted octanol–water partition coefficient (Wildman–Crippen LogP) is 0.785. The molecule has 0 amide bonds. The first-order valence-electron chi connectivity index (χ1n) is 7.76. The van der Waals surface area contributed by atoms with E-state index < -0.39 is 5.56 Å². The first-order chi connectivity index (χ1) is 11.9. The zero-order valence-corrected chi connectivity index (χ0v) is 14.0. The summed E-state index contributed by atoms with van der Waals surface area (Å²) in [4.78, 5) is 36.9. The molecule has 2 heterocycles. The molecule has 0 bridgehead atoms. The number of aryl methyl sites for hydroxylation is 1. The number of nitrogens with zero attached hydrogens (tertiary/aromatic N) is 1. The Balaban J connectivity index is 2.13. The normalized spacial score (nSPS) is 12.6. The van der Waals surface area contributed by atoms with Crippen LogP contribution < -0.4 is 21.8 Å². The second-order valence-electron chi connectivity index (χ2n) is 5.88. The lowest BCUT2D eigenvalue weighted by Crippen LogP contribution is -2.46.